The highest BCUT2D eigenvalue weighted by molar-refractivity contribution is 5.36. The fraction of sp³-hybridized carbons (Fsp3) is 0.538. The van der Waals surface area contributed by atoms with Gasteiger partial charge in [-0.15, -0.1) is 0 Å². The lowest BCUT2D eigenvalue weighted by molar-refractivity contribution is -0.0758. The summed E-state index contributed by atoms with van der Waals surface area (Å²) in [7, 11) is 1.69. The summed E-state index contributed by atoms with van der Waals surface area (Å²) in [5, 5.41) is 12.6. The molecule has 2 aromatic rings. The average molecular weight is 410 g/mol. The van der Waals surface area contributed by atoms with E-state index < -0.39 is 5.60 Å². The Labute approximate surface area is 180 Å². The molecule has 1 saturated heterocycles. The Bertz CT molecular complexity index is 767. The zero-order valence-corrected chi connectivity index (χ0v) is 18.1. The Morgan fingerprint density at radius 1 is 1.00 bits per heavy atom. The fourth-order valence-corrected chi connectivity index (χ4v) is 5.35. The van der Waals surface area contributed by atoms with Crippen LogP contribution in [0.15, 0.2) is 54.6 Å². The maximum Gasteiger partial charge on any atom is 0.118 e. The van der Waals surface area contributed by atoms with E-state index in [1.54, 1.807) is 7.11 Å². The van der Waals surface area contributed by atoms with Crippen molar-refractivity contribution in [3.05, 3.63) is 65.7 Å². The minimum absolute atomic E-state index is 0.00768. The maximum atomic E-state index is 12.6. The molecule has 2 aliphatic rings. The number of nitrogens with zero attached hydrogens (tertiary/aromatic N) is 1. The maximum absolute atomic E-state index is 12.6. The van der Waals surface area contributed by atoms with Gasteiger partial charge in [0.15, 0.2) is 0 Å². The van der Waals surface area contributed by atoms with Crippen molar-refractivity contribution in [2.75, 3.05) is 40.0 Å². The van der Waals surface area contributed by atoms with E-state index in [9.17, 15) is 5.11 Å². The van der Waals surface area contributed by atoms with Crippen molar-refractivity contribution >= 4 is 0 Å². The number of rotatable bonds is 7. The quantitative estimate of drug-likeness (QED) is 0.727. The fourth-order valence-electron chi connectivity index (χ4n) is 5.35. The Kier molecular flexibility index (Phi) is 7.08. The summed E-state index contributed by atoms with van der Waals surface area (Å²) in [6.45, 7) is 4.23. The van der Waals surface area contributed by atoms with Crippen LogP contribution in [0.2, 0.25) is 0 Å². The Hall–Kier alpha value is -1.88. The smallest absolute Gasteiger partial charge is 0.118 e. The summed E-state index contributed by atoms with van der Waals surface area (Å²) in [5.41, 5.74) is 1.32. The van der Waals surface area contributed by atoms with Crippen molar-refractivity contribution in [3.8, 4) is 5.75 Å². The van der Waals surface area contributed by atoms with Gasteiger partial charge in [-0.1, -0.05) is 61.7 Å². The van der Waals surface area contributed by atoms with E-state index >= 15 is 0 Å². The minimum atomic E-state index is -0.910. The molecule has 0 unspecified atom stereocenters. The van der Waals surface area contributed by atoms with Gasteiger partial charge < -0.3 is 14.6 Å². The number of morpholine rings is 1. The van der Waals surface area contributed by atoms with E-state index in [4.69, 9.17) is 9.47 Å². The first kappa shape index (κ1) is 21.4. The highest BCUT2D eigenvalue weighted by Crippen LogP contribution is 2.48. The number of hydrogen-bond donors (Lipinski definition) is 1. The summed E-state index contributed by atoms with van der Waals surface area (Å²) in [5.74, 6) is 1.09. The van der Waals surface area contributed by atoms with Crippen LogP contribution in [0.4, 0.5) is 0 Å². The molecule has 0 radical (unpaired) electrons. The lowest BCUT2D eigenvalue weighted by Gasteiger charge is -2.46. The monoisotopic (exact) mass is 409 g/mol. The summed E-state index contributed by atoms with van der Waals surface area (Å²) in [6, 6.07) is 18.7. The Morgan fingerprint density at radius 2 is 1.67 bits per heavy atom. The zero-order valence-electron chi connectivity index (χ0n) is 18.1. The van der Waals surface area contributed by atoms with Crippen molar-refractivity contribution in [2.24, 2.45) is 5.92 Å². The molecular formula is C26H35NO3. The molecule has 0 amide bonds. The molecule has 162 valence electrons. The SMILES string of the molecule is COc1ccc([C@](O)(C2CCCCC2)[C@@H](CN2CCOCC2)c2ccccc2)cc1. The molecule has 1 aliphatic carbocycles. The first-order chi connectivity index (χ1) is 14.7. The van der Waals surface area contributed by atoms with Gasteiger partial charge in [0.05, 0.1) is 20.3 Å². The first-order valence-corrected chi connectivity index (χ1v) is 11.4. The van der Waals surface area contributed by atoms with Gasteiger partial charge in [-0.25, -0.2) is 0 Å². The molecule has 2 atom stereocenters. The predicted molar refractivity (Wildman–Crippen MR) is 120 cm³/mol. The van der Waals surface area contributed by atoms with Crippen LogP contribution in [0.1, 0.15) is 49.1 Å². The van der Waals surface area contributed by atoms with Crippen LogP contribution >= 0.6 is 0 Å². The van der Waals surface area contributed by atoms with Gasteiger partial charge in [0.2, 0.25) is 0 Å². The average Bonchev–Trinajstić information content (AvgIpc) is 2.84. The van der Waals surface area contributed by atoms with Crippen molar-refractivity contribution < 1.29 is 14.6 Å². The van der Waals surface area contributed by atoms with Crippen molar-refractivity contribution in [3.63, 3.8) is 0 Å². The van der Waals surface area contributed by atoms with Crippen molar-refractivity contribution in [1.82, 2.24) is 4.90 Å². The summed E-state index contributed by atoms with van der Waals surface area (Å²) < 4.78 is 11.0. The largest absolute Gasteiger partial charge is 0.497 e. The molecule has 4 nitrogen and oxygen atoms in total. The first-order valence-electron chi connectivity index (χ1n) is 11.4. The second-order valence-electron chi connectivity index (χ2n) is 8.77. The highest BCUT2D eigenvalue weighted by Gasteiger charge is 2.46. The second-order valence-corrected chi connectivity index (χ2v) is 8.77. The van der Waals surface area contributed by atoms with Gasteiger partial charge in [-0.05, 0) is 42.0 Å². The molecule has 1 heterocycles. The molecule has 4 heteroatoms. The van der Waals surface area contributed by atoms with E-state index in [2.05, 4.69) is 47.4 Å². The number of methoxy groups -OCH3 is 1. The van der Waals surface area contributed by atoms with Crippen LogP contribution in [-0.4, -0.2) is 50.0 Å². The van der Waals surface area contributed by atoms with Gasteiger partial charge in [-0.2, -0.15) is 0 Å². The van der Waals surface area contributed by atoms with Gasteiger partial charge in [-0.3, -0.25) is 4.90 Å². The topological polar surface area (TPSA) is 41.9 Å². The van der Waals surface area contributed by atoms with Crippen LogP contribution < -0.4 is 4.74 Å². The van der Waals surface area contributed by atoms with Crippen LogP contribution in [-0.2, 0) is 10.3 Å². The lowest BCUT2D eigenvalue weighted by Crippen LogP contribution is -2.48. The van der Waals surface area contributed by atoms with Crippen molar-refractivity contribution in [1.29, 1.82) is 0 Å². The summed E-state index contributed by atoms with van der Waals surface area (Å²) >= 11 is 0. The van der Waals surface area contributed by atoms with E-state index in [0.29, 0.717) is 0 Å². The molecule has 4 rings (SSSR count). The zero-order chi connectivity index (χ0) is 20.8. The molecule has 1 aliphatic heterocycles. The number of benzene rings is 2. The van der Waals surface area contributed by atoms with Crippen molar-refractivity contribution in [2.45, 2.75) is 43.6 Å². The van der Waals surface area contributed by atoms with Gasteiger partial charge in [0.25, 0.3) is 0 Å². The van der Waals surface area contributed by atoms with Crippen LogP contribution in [0.25, 0.3) is 0 Å². The standard InChI is InChI=1S/C26H35NO3/c1-29-24-14-12-23(13-15-24)26(28,22-10-6-3-7-11-22)25(21-8-4-2-5-9-21)20-27-16-18-30-19-17-27/h2,4-5,8-9,12-15,22,25,28H,3,6-7,10-11,16-20H2,1H3/t25-,26+/m0/s1. The number of ether oxygens (including phenoxy) is 2. The van der Waals surface area contributed by atoms with Crippen LogP contribution in [0.5, 0.6) is 5.75 Å². The molecular weight excluding hydrogens is 374 g/mol. The second kappa shape index (κ2) is 9.95. The molecule has 1 saturated carbocycles. The third kappa shape index (κ3) is 4.56. The van der Waals surface area contributed by atoms with E-state index in [1.807, 2.05) is 12.1 Å². The molecule has 0 aromatic heterocycles. The summed E-state index contributed by atoms with van der Waals surface area (Å²) in [6.07, 6.45) is 5.82. The van der Waals surface area contributed by atoms with Crippen LogP contribution in [0, 0.1) is 5.92 Å². The third-order valence-electron chi connectivity index (χ3n) is 7.06. The molecule has 2 aromatic carbocycles. The van der Waals surface area contributed by atoms with E-state index in [0.717, 1.165) is 57.0 Å². The summed E-state index contributed by atoms with van der Waals surface area (Å²) in [4.78, 5) is 2.46. The van der Waals surface area contributed by atoms with E-state index in [-0.39, 0.29) is 11.8 Å². The Balaban J connectivity index is 1.76. The molecule has 30 heavy (non-hydrogen) atoms. The molecule has 1 N–H and O–H groups in total. The van der Waals surface area contributed by atoms with E-state index in [1.165, 1.54) is 24.8 Å². The third-order valence-corrected chi connectivity index (χ3v) is 7.06. The normalized spacial score (nSPS) is 21.7. The number of aliphatic hydroxyl groups is 1. The molecule has 0 bridgehead atoms. The molecule has 0 spiro atoms. The Morgan fingerprint density at radius 3 is 2.30 bits per heavy atom. The van der Waals surface area contributed by atoms with Gasteiger partial charge >= 0.3 is 0 Å². The molecule has 2 fully saturated rings. The number of hydrogen-bond acceptors (Lipinski definition) is 4. The minimum Gasteiger partial charge on any atom is -0.497 e. The highest BCUT2D eigenvalue weighted by atomic mass is 16.5. The van der Waals surface area contributed by atoms with Crippen LogP contribution in [0.3, 0.4) is 0 Å². The van der Waals surface area contributed by atoms with Gasteiger partial charge in [0, 0.05) is 25.6 Å². The predicted octanol–water partition coefficient (Wildman–Crippen LogP) is 4.58. The lowest BCUT2D eigenvalue weighted by atomic mass is 9.65. The van der Waals surface area contributed by atoms with Gasteiger partial charge in [0.1, 0.15) is 11.4 Å².